The zero-order valence-electron chi connectivity index (χ0n) is 15.0. The topological polar surface area (TPSA) is 120 Å². The first-order valence-electron chi connectivity index (χ1n) is 8.50. The predicted octanol–water partition coefficient (Wildman–Crippen LogP) is 3.40. The van der Waals surface area contributed by atoms with E-state index in [0.717, 1.165) is 11.1 Å². The first kappa shape index (κ1) is 17.3. The van der Waals surface area contributed by atoms with Gasteiger partial charge in [-0.1, -0.05) is 30.3 Å². The second-order valence-electron chi connectivity index (χ2n) is 6.03. The monoisotopic (exact) mass is 372 g/mol. The lowest BCUT2D eigenvalue weighted by molar-refractivity contribution is -0.114. The molecule has 0 atom stereocenters. The molecular formula is C20H16N6O2. The van der Waals surface area contributed by atoms with Gasteiger partial charge < -0.3 is 15.5 Å². The van der Waals surface area contributed by atoms with Gasteiger partial charge in [0.2, 0.25) is 11.8 Å². The van der Waals surface area contributed by atoms with Crippen LogP contribution >= 0.6 is 0 Å². The third kappa shape index (κ3) is 3.56. The first-order chi connectivity index (χ1) is 13.6. The van der Waals surface area contributed by atoms with Crippen LogP contribution in [0.15, 0.2) is 65.2 Å². The Morgan fingerprint density at radius 2 is 1.68 bits per heavy atom. The van der Waals surface area contributed by atoms with Gasteiger partial charge in [-0.2, -0.15) is 0 Å². The summed E-state index contributed by atoms with van der Waals surface area (Å²) in [6, 6.07) is 16.7. The molecule has 2 aromatic carbocycles. The highest BCUT2D eigenvalue weighted by molar-refractivity contribution is 5.88. The maximum atomic E-state index is 11.1. The van der Waals surface area contributed by atoms with Gasteiger partial charge in [-0.15, -0.1) is 10.2 Å². The smallest absolute Gasteiger partial charge is 0.270 e. The number of rotatable bonds is 4. The minimum absolute atomic E-state index is 0.132. The fourth-order valence-corrected chi connectivity index (χ4v) is 2.64. The Balaban J connectivity index is 1.66. The van der Waals surface area contributed by atoms with Crippen LogP contribution in [0.3, 0.4) is 0 Å². The molecule has 1 amide bonds. The third-order valence-corrected chi connectivity index (χ3v) is 3.95. The molecule has 0 fully saturated rings. The van der Waals surface area contributed by atoms with Gasteiger partial charge in [0, 0.05) is 23.7 Å². The summed E-state index contributed by atoms with van der Waals surface area (Å²) in [7, 11) is 0. The van der Waals surface area contributed by atoms with Gasteiger partial charge in [0.1, 0.15) is 0 Å². The highest BCUT2D eigenvalue weighted by Gasteiger charge is 2.16. The first-order valence-corrected chi connectivity index (χ1v) is 8.50. The third-order valence-electron chi connectivity index (χ3n) is 3.95. The summed E-state index contributed by atoms with van der Waals surface area (Å²) >= 11 is 0. The van der Waals surface area contributed by atoms with Crippen LogP contribution in [0.2, 0.25) is 0 Å². The van der Waals surface area contributed by atoms with E-state index in [1.54, 1.807) is 18.3 Å². The van der Waals surface area contributed by atoms with Crippen molar-refractivity contribution in [1.82, 2.24) is 20.2 Å². The summed E-state index contributed by atoms with van der Waals surface area (Å²) < 4.78 is 5.74. The van der Waals surface area contributed by atoms with E-state index in [1.807, 2.05) is 42.5 Å². The summed E-state index contributed by atoms with van der Waals surface area (Å²) in [5.41, 5.74) is 9.20. The van der Waals surface area contributed by atoms with E-state index >= 15 is 0 Å². The predicted molar refractivity (Wildman–Crippen MR) is 105 cm³/mol. The number of amides is 1. The minimum atomic E-state index is -0.132. The normalized spacial score (nSPS) is 10.6. The fraction of sp³-hybridized carbons (Fsp3) is 0.0500. The molecule has 2 aromatic heterocycles. The van der Waals surface area contributed by atoms with Crippen LogP contribution in [0.5, 0.6) is 0 Å². The molecule has 0 saturated carbocycles. The summed E-state index contributed by atoms with van der Waals surface area (Å²) in [5.74, 6) is 0.636. The Bertz CT molecular complexity index is 1120. The highest BCUT2D eigenvalue weighted by Crippen LogP contribution is 2.28. The lowest BCUT2D eigenvalue weighted by Gasteiger charge is -2.06. The molecule has 8 heteroatoms. The number of anilines is 2. The Kier molecular flexibility index (Phi) is 4.51. The van der Waals surface area contributed by atoms with E-state index in [1.165, 1.54) is 6.92 Å². The van der Waals surface area contributed by atoms with Crippen LogP contribution in [-0.4, -0.2) is 26.1 Å². The number of nitrogens with two attached hydrogens (primary N) is 1. The van der Waals surface area contributed by atoms with Crippen molar-refractivity contribution < 1.29 is 9.21 Å². The number of nitrogen functional groups attached to an aromatic ring is 1. The van der Waals surface area contributed by atoms with Crippen molar-refractivity contribution in [2.75, 3.05) is 11.1 Å². The summed E-state index contributed by atoms with van der Waals surface area (Å²) in [6.45, 7) is 1.46. The standard InChI is InChI=1S/C20H16N6O2/c1-12(27)23-15-9-7-13(8-10-15)16-11-22-18(21)17(24-16)20-26-25-19(28-20)14-5-3-2-4-6-14/h2-11H,1H3,(H2,21,22)(H,23,27). The Morgan fingerprint density at radius 3 is 2.39 bits per heavy atom. The second-order valence-corrected chi connectivity index (χ2v) is 6.03. The zero-order chi connectivity index (χ0) is 19.5. The summed E-state index contributed by atoms with van der Waals surface area (Å²) in [4.78, 5) is 19.9. The molecule has 0 unspecified atom stereocenters. The van der Waals surface area contributed by atoms with Gasteiger partial charge in [-0.05, 0) is 24.3 Å². The van der Waals surface area contributed by atoms with Crippen molar-refractivity contribution in [2.24, 2.45) is 0 Å². The molecule has 4 aromatic rings. The van der Waals surface area contributed by atoms with Crippen LogP contribution in [0.25, 0.3) is 34.3 Å². The van der Waals surface area contributed by atoms with Gasteiger partial charge in [0.25, 0.3) is 5.89 Å². The van der Waals surface area contributed by atoms with E-state index in [9.17, 15) is 4.79 Å². The molecule has 0 aliphatic rings. The largest absolute Gasteiger partial charge is 0.414 e. The van der Waals surface area contributed by atoms with Crippen LogP contribution < -0.4 is 11.1 Å². The van der Waals surface area contributed by atoms with Crippen LogP contribution in [0, 0.1) is 0 Å². The van der Waals surface area contributed by atoms with Crippen molar-refractivity contribution in [1.29, 1.82) is 0 Å². The van der Waals surface area contributed by atoms with E-state index in [0.29, 0.717) is 23.0 Å². The number of benzene rings is 2. The Morgan fingerprint density at radius 1 is 0.964 bits per heavy atom. The maximum Gasteiger partial charge on any atom is 0.270 e. The van der Waals surface area contributed by atoms with E-state index in [2.05, 4.69) is 25.5 Å². The maximum absolute atomic E-state index is 11.1. The fourth-order valence-electron chi connectivity index (χ4n) is 2.64. The molecule has 0 bridgehead atoms. The number of carbonyl (C=O) groups excluding carboxylic acids is 1. The number of nitrogens with zero attached hydrogens (tertiary/aromatic N) is 4. The number of carbonyl (C=O) groups is 1. The van der Waals surface area contributed by atoms with Gasteiger partial charge in [-0.25, -0.2) is 9.97 Å². The second kappa shape index (κ2) is 7.28. The highest BCUT2D eigenvalue weighted by atomic mass is 16.4. The van der Waals surface area contributed by atoms with Crippen LogP contribution in [-0.2, 0) is 4.79 Å². The van der Waals surface area contributed by atoms with Crippen molar-refractivity contribution in [3.8, 4) is 34.3 Å². The Labute approximate surface area is 160 Å². The van der Waals surface area contributed by atoms with Crippen molar-refractivity contribution >= 4 is 17.4 Å². The van der Waals surface area contributed by atoms with Gasteiger partial charge in [0.15, 0.2) is 11.5 Å². The zero-order valence-corrected chi connectivity index (χ0v) is 15.0. The minimum Gasteiger partial charge on any atom is -0.414 e. The van der Waals surface area contributed by atoms with E-state index in [-0.39, 0.29) is 17.6 Å². The molecule has 28 heavy (non-hydrogen) atoms. The molecule has 4 rings (SSSR count). The van der Waals surface area contributed by atoms with Gasteiger partial charge in [-0.3, -0.25) is 4.79 Å². The van der Waals surface area contributed by atoms with Crippen LogP contribution in [0.1, 0.15) is 6.92 Å². The molecule has 2 heterocycles. The number of hydrogen-bond donors (Lipinski definition) is 2. The average Bonchev–Trinajstić information content (AvgIpc) is 3.19. The molecule has 3 N–H and O–H groups in total. The summed E-state index contributed by atoms with van der Waals surface area (Å²) in [5, 5.41) is 10.8. The van der Waals surface area contributed by atoms with E-state index in [4.69, 9.17) is 10.2 Å². The molecule has 0 spiro atoms. The number of aromatic nitrogens is 4. The lowest BCUT2D eigenvalue weighted by Crippen LogP contribution is -2.05. The number of nitrogens with one attached hydrogen (secondary N) is 1. The molecule has 138 valence electrons. The quantitative estimate of drug-likeness (QED) is 0.563. The van der Waals surface area contributed by atoms with E-state index < -0.39 is 0 Å². The number of hydrogen-bond acceptors (Lipinski definition) is 7. The van der Waals surface area contributed by atoms with Gasteiger partial charge in [0.05, 0.1) is 11.9 Å². The van der Waals surface area contributed by atoms with Gasteiger partial charge >= 0.3 is 0 Å². The molecule has 0 radical (unpaired) electrons. The summed E-state index contributed by atoms with van der Waals surface area (Å²) in [6.07, 6.45) is 1.57. The van der Waals surface area contributed by atoms with Crippen molar-refractivity contribution in [3.05, 3.63) is 60.8 Å². The molecule has 0 aliphatic heterocycles. The van der Waals surface area contributed by atoms with Crippen molar-refractivity contribution in [2.45, 2.75) is 6.92 Å². The molecule has 0 saturated heterocycles. The lowest BCUT2D eigenvalue weighted by atomic mass is 10.1. The molecule has 0 aliphatic carbocycles. The molecular weight excluding hydrogens is 356 g/mol. The Hall–Kier alpha value is -4.07. The SMILES string of the molecule is CC(=O)Nc1ccc(-c2cnc(N)c(-c3nnc(-c4ccccc4)o3)n2)cc1. The molecule has 8 nitrogen and oxygen atoms in total. The van der Waals surface area contributed by atoms with Crippen LogP contribution in [0.4, 0.5) is 11.5 Å². The van der Waals surface area contributed by atoms with Crippen molar-refractivity contribution in [3.63, 3.8) is 0 Å². The average molecular weight is 372 g/mol.